The van der Waals surface area contributed by atoms with Gasteiger partial charge in [-0.1, -0.05) is 97.1 Å². The Balaban J connectivity index is 1.20. The van der Waals surface area contributed by atoms with Crippen molar-refractivity contribution in [1.82, 2.24) is 4.98 Å². The second kappa shape index (κ2) is 13.7. The van der Waals surface area contributed by atoms with Crippen molar-refractivity contribution in [2.75, 3.05) is 0 Å². The molecule has 0 amide bonds. The fraction of sp³-hybridized carbons (Fsp3) is 0.0408. The largest absolute Gasteiger partial charge is 0.437 e. The maximum atomic E-state index is 6.47. The highest BCUT2D eigenvalue weighted by molar-refractivity contribution is 6.09. The Bertz CT molecular complexity index is 2740. The maximum absolute atomic E-state index is 6.47. The smallest absolute Gasteiger partial charge is 0.227 e. The van der Waals surface area contributed by atoms with E-state index in [1.807, 2.05) is 12.1 Å². The fourth-order valence-corrected chi connectivity index (χ4v) is 7.48. The predicted octanol–water partition coefficient (Wildman–Crippen LogP) is 11.4. The van der Waals surface area contributed by atoms with E-state index in [1.54, 1.807) is 6.20 Å². The third-order valence-corrected chi connectivity index (χ3v) is 10.1. The number of hydrogen-bond donors (Lipinski definition) is 0. The molecule has 4 aromatic heterocycles. The van der Waals surface area contributed by atoms with Gasteiger partial charge in [0.05, 0.1) is 11.1 Å². The van der Waals surface area contributed by atoms with Gasteiger partial charge in [-0.15, -0.1) is 0 Å². The molecule has 0 fully saturated rings. The summed E-state index contributed by atoms with van der Waals surface area (Å²) >= 11 is 0. The zero-order chi connectivity index (χ0) is 35.7. The van der Waals surface area contributed by atoms with Crippen LogP contribution in [0.25, 0.3) is 90.2 Å². The van der Waals surface area contributed by atoms with Crippen LogP contribution < -0.4 is 9.13 Å². The van der Waals surface area contributed by atoms with E-state index >= 15 is 0 Å². The zero-order valence-electron chi connectivity index (χ0n) is 29.6. The molecule has 0 aliphatic heterocycles. The van der Waals surface area contributed by atoms with E-state index in [0.717, 1.165) is 38.9 Å². The van der Waals surface area contributed by atoms with Gasteiger partial charge in [-0.25, -0.2) is 9.55 Å². The van der Waals surface area contributed by atoms with Crippen LogP contribution in [0, 0.1) is 6.92 Å². The van der Waals surface area contributed by atoms with E-state index in [4.69, 9.17) is 4.42 Å². The number of aromatic nitrogens is 3. The lowest BCUT2D eigenvalue weighted by molar-refractivity contribution is -0.660. The number of aryl methyl sites for hydroxylation is 2. The van der Waals surface area contributed by atoms with E-state index < -0.39 is 0 Å². The Hall–Kier alpha value is -6.91. The Morgan fingerprint density at radius 1 is 0.547 bits per heavy atom. The SMILES string of the molecule is Cc1ccc(-c2c(-c3ccccc3)cccc2-c2ccccc2)cc1-c1cccc[n+]1/C=C\c1ccc2c(oc3ncccc32)c1-c1cccc[n+]1C. The van der Waals surface area contributed by atoms with Gasteiger partial charge in [-0.2, -0.15) is 4.57 Å². The van der Waals surface area contributed by atoms with Crippen LogP contribution in [0.4, 0.5) is 0 Å². The van der Waals surface area contributed by atoms with Crippen molar-refractivity contribution in [3.8, 4) is 55.9 Å². The summed E-state index contributed by atoms with van der Waals surface area (Å²) in [5, 5.41) is 2.06. The first-order valence-electron chi connectivity index (χ1n) is 17.9. The van der Waals surface area contributed by atoms with Crippen LogP contribution >= 0.6 is 0 Å². The molecule has 53 heavy (non-hydrogen) atoms. The highest BCUT2D eigenvalue weighted by Gasteiger charge is 2.23. The van der Waals surface area contributed by atoms with Crippen molar-refractivity contribution in [2.45, 2.75) is 6.92 Å². The van der Waals surface area contributed by atoms with Gasteiger partial charge in [-0.05, 0) is 87.8 Å². The minimum atomic E-state index is 0.641. The van der Waals surface area contributed by atoms with Crippen molar-refractivity contribution < 1.29 is 13.6 Å². The van der Waals surface area contributed by atoms with Gasteiger partial charge in [0.1, 0.15) is 7.05 Å². The first-order valence-corrected chi connectivity index (χ1v) is 17.9. The van der Waals surface area contributed by atoms with Gasteiger partial charge in [0.25, 0.3) is 0 Å². The molecule has 4 nitrogen and oxygen atoms in total. The molecule has 9 aromatic rings. The lowest BCUT2D eigenvalue weighted by Gasteiger charge is -2.17. The molecule has 0 saturated heterocycles. The van der Waals surface area contributed by atoms with Crippen LogP contribution in [-0.4, -0.2) is 4.98 Å². The lowest BCUT2D eigenvalue weighted by atomic mass is 9.86. The third kappa shape index (κ3) is 5.90. The van der Waals surface area contributed by atoms with Crippen molar-refractivity contribution in [3.05, 3.63) is 187 Å². The molecule has 4 heteroatoms. The number of hydrogen-bond acceptors (Lipinski definition) is 2. The summed E-state index contributed by atoms with van der Waals surface area (Å²) in [4.78, 5) is 4.53. The van der Waals surface area contributed by atoms with Gasteiger partial charge in [0.15, 0.2) is 24.2 Å². The molecule has 0 N–H and O–H groups in total. The van der Waals surface area contributed by atoms with Crippen LogP contribution in [0.15, 0.2) is 181 Å². The van der Waals surface area contributed by atoms with E-state index in [0.29, 0.717) is 5.71 Å². The van der Waals surface area contributed by atoms with Gasteiger partial charge in [-0.3, -0.25) is 0 Å². The fourth-order valence-electron chi connectivity index (χ4n) is 7.48. The van der Waals surface area contributed by atoms with E-state index in [1.165, 1.54) is 44.5 Å². The molecule has 4 heterocycles. The summed E-state index contributed by atoms with van der Waals surface area (Å²) in [5.41, 5.74) is 15.3. The number of rotatable bonds is 7. The quantitative estimate of drug-likeness (QED) is 0.157. The molecule has 252 valence electrons. The summed E-state index contributed by atoms with van der Waals surface area (Å²) < 4.78 is 10.8. The summed E-state index contributed by atoms with van der Waals surface area (Å²) in [7, 11) is 2.07. The van der Waals surface area contributed by atoms with Crippen molar-refractivity contribution in [1.29, 1.82) is 0 Å². The Labute approximate surface area is 309 Å². The molecule has 0 atom stereocenters. The van der Waals surface area contributed by atoms with Crippen LogP contribution in [0.5, 0.6) is 0 Å². The molecule has 0 radical (unpaired) electrons. The topological polar surface area (TPSA) is 33.8 Å². The monoisotopic (exact) mass is 683 g/mol. The lowest BCUT2D eigenvalue weighted by Crippen LogP contribution is -2.30. The zero-order valence-corrected chi connectivity index (χ0v) is 29.6. The minimum Gasteiger partial charge on any atom is -0.437 e. The van der Waals surface area contributed by atoms with Crippen molar-refractivity contribution in [3.63, 3.8) is 0 Å². The summed E-state index contributed by atoms with van der Waals surface area (Å²) in [6, 6.07) is 55.9. The van der Waals surface area contributed by atoms with Crippen LogP contribution in [-0.2, 0) is 7.05 Å². The Morgan fingerprint density at radius 3 is 1.98 bits per heavy atom. The molecule has 0 aliphatic carbocycles. The minimum absolute atomic E-state index is 0.641. The van der Waals surface area contributed by atoms with Gasteiger partial charge in [0, 0.05) is 47.3 Å². The van der Waals surface area contributed by atoms with Crippen LogP contribution in [0.1, 0.15) is 11.1 Å². The number of furan rings is 1. The molecule has 0 unspecified atom stereocenters. The molecule has 0 bridgehead atoms. The summed E-state index contributed by atoms with van der Waals surface area (Å²) in [6.45, 7) is 2.19. The molecular formula is C49H37N3O+2. The highest BCUT2D eigenvalue weighted by atomic mass is 16.3. The average molecular weight is 684 g/mol. The number of nitrogens with zero attached hydrogens (tertiary/aromatic N) is 3. The van der Waals surface area contributed by atoms with E-state index in [9.17, 15) is 0 Å². The predicted molar refractivity (Wildman–Crippen MR) is 216 cm³/mol. The Kier molecular flexibility index (Phi) is 8.26. The molecule has 5 aromatic carbocycles. The standard InChI is InChI=1S/C49H37N3O/c1-34-24-25-38(46-39(35-15-5-3-6-16-35)19-13-20-40(46)36-17-7-4-8-18-36)33-43(34)44-22-10-12-31-52(44)32-28-37-26-27-41-42-21-14-29-50-49(42)53-48(41)47(37)45-23-9-11-30-51(45)2/h3-33H,1-2H3/q+2/b32-28-. The normalized spacial score (nSPS) is 11.5. The summed E-state index contributed by atoms with van der Waals surface area (Å²) in [6.07, 6.45) is 10.3. The maximum Gasteiger partial charge on any atom is 0.227 e. The van der Waals surface area contributed by atoms with Crippen LogP contribution in [0.3, 0.4) is 0 Å². The first-order chi connectivity index (χ1) is 26.1. The van der Waals surface area contributed by atoms with Crippen molar-refractivity contribution in [2.24, 2.45) is 7.05 Å². The third-order valence-electron chi connectivity index (χ3n) is 10.1. The number of benzene rings is 5. The number of fused-ring (bicyclic) bond motifs is 3. The average Bonchev–Trinajstić information content (AvgIpc) is 3.60. The van der Waals surface area contributed by atoms with E-state index in [2.05, 4.69) is 198 Å². The molecule has 0 spiro atoms. The number of pyridine rings is 3. The van der Waals surface area contributed by atoms with Crippen LogP contribution in [0.2, 0.25) is 0 Å². The second-order valence-corrected chi connectivity index (χ2v) is 13.4. The summed E-state index contributed by atoms with van der Waals surface area (Å²) in [5.74, 6) is 0. The highest BCUT2D eigenvalue weighted by Crippen LogP contribution is 2.42. The van der Waals surface area contributed by atoms with Gasteiger partial charge >= 0.3 is 0 Å². The molecular weight excluding hydrogens is 647 g/mol. The Morgan fingerprint density at radius 2 is 1.25 bits per heavy atom. The molecule has 0 saturated carbocycles. The first kappa shape index (κ1) is 32.0. The van der Waals surface area contributed by atoms with E-state index in [-0.39, 0.29) is 0 Å². The molecule has 0 aliphatic rings. The van der Waals surface area contributed by atoms with Crippen molar-refractivity contribution >= 4 is 34.3 Å². The second-order valence-electron chi connectivity index (χ2n) is 13.4. The van der Waals surface area contributed by atoms with Gasteiger partial charge in [0.2, 0.25) is 17.1 Å². The van der Waals surface area contributed by atoms with Gasteiger partial charge < -0.3 is 4.42 Å². The molecule has 9 rings (SSSR count).